The number of likely N-dealkylation sites (tertiary alicyclic amines) is 1. The smallest absolute Gasteiger partial charge is 0.243 e. The van der Waals surface area contributed by atoms with Crippen LogP contribution < -0.4 is 5.32 Å². The van der Waals surface area contributed by atoms with E-state index in [1.54, 1.807) is 30.3 Å². The number of hydrogen-bond donors (Lipinski definition) is 1. The average Bonchev–Trinajstić information content (AvgIpc) is 3.37. The van der Waals surface area contributed by atoms with Gasteiger partial charge in [0.15, 0.2) is 5.96 Å². The summed E-state index contributed by atoms with van der Waals surface area (Å²) in [5.41, 5.74) is 1.39. The third kappa shape index (κ3) is 6.09. The molecule has 6 heteroatoms. The van der Waals surface area contributed by atoms with Crippen LogP contribution in [0.5, 0.6) is 0 Å². The largest absolute Gasteiger partial charge is 0.356 e. The van der Waals surface area contributed by atoms with Crippen LogP contribution in [0.3, 0.4) is 0 Å². The second kappa shape index (κ2) is 10.3. The monoisotopic (exact) mass is 398 g/mol. The first-order valence-electron chi connectivity index (χ1n) is 9.91. The zero-order chi connectivity index (χ0) is 19.8. The maximum atomic E-state index is 12.0. The van der Waals surface area contributed by atoms with E-state index in [-0.39, 0.29) is 12.5 Å². The summed E-state index contributed by atoms with van der Waals surface area (Å²) in [6.07, 6.45) is 3.22. The van der Waals surface area contributed by atoms with Gasteiger partial charge in [-0.3, -0.25) is 4.79 Å². The van der Waals surface area contributed by atoms with Crippen LogP contribution in [-0.4, -0.2) is 61.9 Å². The molecule has 150 valence electrons. The van der Waals surface area contributed by atoms with Gasteiger partial charge < -0.3 is 15.1 Å². The topological polar surface area (TPSA) is 47.9 Å². The van der Waals surface area contributed by atoms with Gasteiger partial charge in [-0.15, -0.1) is 11.3 Å². The molecule has 2 heterocycles. The molecule has 1 aliphatic rings. The lowest BCUT2D eigenvalue weighted by Crippen LogP contribution is -2.42. The summed E-state index contributed by atoms with van der Waals surface area (Å²) in [6.45, 7) is 2.98. The second-order valence-electron chi connectivity index (χ2n) is 7.47. The Morgan fingerprint density at radius 3 is 2.79 bits per heavy atom. The van der Waals surface area contributed by atoms with Crippen molar-refractivity contribution in [3.63, 3.8) is 0 Å². The van der Waals surface area contributed by atoms with E-state index in [9.17, 15) is 4.79 Å². The maximum Gasteiger partial charge on any atom is 0.243 e. The number of nitrogens with zero attached hydrogens (tertiary/aromatic N) is 3. The van der Waals surface area contributed by atoms with Gasteiger partial charge in [0.1, 0.15) is 6.54 Å². The Labute approximate surface area is 172 Å². The Hall–Kier alpha value is -2.34. The first kappa shape index (κ1) is 20.4. The summed E-state index contributed by atoms with van der Waals surface area (Å²) < 4.78 is 0. The molecular formula is C22H30N4OS. The summed E-state index contributed by atoms with van der Waals surface area (Å²) in [5.74, 6) is 1.51. The van der Waals surface area contributed by atoms with Crippen LogP contribution >= 0.6 is 11.3 Å². The minimum atomic E-state index is 0.0255. The van der Waals surface area contributed by atoms with E-state index in [0.29, 0.717) is 5.92 Å². The Balaban J connectivity index is 1.58. The molecule has 5 nitrogen and oxygen atoms in total. The standard InChI is InChI=1S/C22H30N4OS/c1-25(2)21(27)16-24-22(23-12-10-20-9-6-14-28-20)26-13-11-19(17-26)15-18-7-4-3-5-8-18/h3-9,14,19H,10-13,15-17H2,1-2H3,(H,23,24). The second-order valence-corrected chi connectivity index (χ2v) is 8.51. The summed E-state index contributed by atoms with van der Waals surface area (Å²) in [5, 5.41) is 5.60. The zero-order valence-electron chi connectivity index (χ0n) is 16.8. The number of aliphatic imine (C=N–C) groups is 1. The number of nitrogens with one attached hydrogen (secondary N) is 1. The highest BCUT2D eigenvalue weighted by Gasteiger charge is 2.25. The molecule has 1 unspecified atom stereocenters. The predicted molar refractivity (Wildman–Crippen MR) is 117 cm³/mol. The Kier molecular flexibility index (Phi) is 7.48. The molecule has 1 atom stereocenters. The molecule has 28 heavy (non-hydrogen) atoms. The molecule has 1 fully saturated rings. The number of benzene rings is 1. The van der Waals surface area contributed by atoms with Crippen LogP contribution in [-0.2, 0) is 17.6 Å². The van der Waals surface area contributed by atoms with Gasteiger partial charge in [-0.2, -0.15) is 0 Å². The third-order valence-corrected chi connectivity index (χ3v) is 5.99. The van der Waals surface area contributed by atoms with Crippen molar-refractivity contribution in [2.24, 2.45) is 10.9 Å². The normalized spacial score (nSPS) is 17.0. The number of carbonyl (C=O) groups is 1. The van der Waals surface area contributed by atoms with Gasteiger partial charge in [0.05, 0.1) is 0 Å². The quantitative estimate of drug-likeness (QED) is 0.576. The highest BCUT2D eigenvalue weighted by Crippen LogP contribution is 2.21. The number of rotatable bonds is 7. The molecule has 2 aromatic rings. The highest BCUT2D eigenvalue weighted by atomic mass is 32.1. The van der Waals surface area contributed by atoms with E-state index < -0.39 is 0 Å². The zero-order valence-corrected chi connectivity index (χ0v) is 17.6. The fourth-order valence-electron chi connectivity index (χ4n) is 3.44. The van der Waals surface area contributed by atoms with E-state index in [2.05, 4.69) is 63.1 Å². The molecule has 0 saturated carbocycles. The minimum absolute atomic E-state index is 0.0255. The third-order valence-electron chi connectivity index (χ3n) is 5.05. The maximum absolute atomic E-state index is 12.0. The molecule has 0 radical (unpaired) electrons. The molecule has 1 amide bonds. The molecule has 1 aromatic heterocycles. The van der Waals surface area contributed by atoms with Gasteiger partial charge in [0.25, 0.3) is 0 Å². The van der Waals surface area contributed by atoms with E-state index in [0.717, 1.165) is 44.9 Å². The van der Waals surface area contributed by atoms with Crippen molar-refractivity contribution >= 4 is 23.2 Å². The van der Waals surface area contributed by atoms with Gasteiger partial charge in [0, 0.05) is 38.6 Å². The van der Waals surface area contributed by atoms with Gasteiger partial charge in [0.2, 0.25) is 5.91 Å². The molecule has 0 aliphatic carbocycles. The summed E-state index contributed by atoms with van der Waals surface area (Å²) in [6, 6.07) is 14.9. The fraction of sp³-hybridized carbons (Fsp3) is 0.455. The molecule has 1 saturated heterocycles. The molecule has 1 aliphatic heterocycles. The molecule has 3 rings (SSSR count). The van der Waals surface area contributed by atoms with Crippen LogP contribution in [0.2, 0.25) is 0 Å². The number of amides is 1. The van der Waals surface area contributed by atoms with Crippen LogP contribution in [0.15, 0.2) is 52.8 Å². The first-order chi connectivity index (χ1) is 13.6. The lowest BCUT2D eigenvalue weighted by Gasteiger charge is -2.22. The van der Waals surface area contributed by atoms with Crippen LogP contribution in [0, 0.1) is 5.92 Å². The average molecular weight is 399 g/mol. The number of likely N-dealkylation sites (N-methyl/N-ethyl adjacent to an activating group) is 1. The Morgan fingerprint density at radius 2 is 2.07 bits per heavy atom. The van der Waals surface area contributed by atoms with Crippen molar-refractivity contribution in [3.8, 4) is 0 Å². The van der Waals surface area contributed by atoms with Crippen LogP contribution in [0.25, 0.3) is 0 Å². The SMILES string of the molecule is CN(C)C(=O)CN=C(NCCc1cccs1)N1CCC(Cc2ccccc2)C1. The fourth-order valence-corrected chi connectivity index (χ4v) is 4.15. The summed E-state index contributed by atoms with van der Waals surface area (Å²) in [7, 11) is 3.54. The van der Waals surface area contributed by atoms with Crippen molar-refractivity contribution in [2.45, 2.75) is 19.3 Å². The van der Waals surface area contributed by atoms with Gasteiger partial charge in [-0.1, -0.05) is 36.4 Å². The lowest BCUT2D eigenvalue weighted by molar-refractivity contribution is -0.127. The van der Waals surface area contributed by atoms with E-state index >= 15 is 0 Å². The lowest BCUT2D eigenvalue weighted by atomic mass is 9.99. The number of thiophene rings is 1. The summed E-state index contributed by atoms with van der Waals surface area (Å²) in [4.78, 5) is 21.9. The van der Waals surface area contributed by atoms with Crippen molar-refractivity contribution in [3.05, 3.63) is 58.3 Å². The Bertz CT molecular complexity index is 758. The molecule has 0 spiro atoms. The van der Waals surface area contributed by atoms with Gasteiger partial charge in [-0.25, -0.2) is 4.99 Å². The van der Waals surface area contributed by atoms with E-state index in [1.807, 2.05) is 0 Å². The van der Waals surface area contributed by atoms with Crippen molar-refractivity contribution in [2.75, 3.05) is 40.3 Å². The first-order valence-corrected chi connectivity index (χ1v) is 10.8. The van der Waals surface area contributed by atoms with E-state index in [4.69, 9.17) is 0 Å². The van der Waals surface area contributed by atoms with Gasteiger partial charge >= 0.3 is 0 Å². The Morgan fingerprint density at radius 1 is 1.25 bits per heavy atom. The minimum Gasteiger partial charge on any atom is -0.356 e. The molecule has 1 N–H and O–H groups in total. The molecular weight excluding hydrogens is 368 g/mol. The number of guanidine groups is 1. The predicted octanol–water partition coefficient (Wildman–Crippen LogP) is 2.89. The van der Waals surface area contributed by atoms with Crippen molar-refractivity contribution in [1.82, 2.24) is 15.1 Å². The highest BCUT2D eigenvalue weighted by molar-refractivity contribution is 7.09. The van der Waals surface area contributed by atoms with Crippen molar-refractivity contribution < 1.29 is 4.79 Å². The number of carbonyl (C=O) groups excluding carboxylic acids is 1. The van der Waals surface area contributed by atoms with Crippen LogP contribution in [0.1, 0.15) is 16.9 Å². The van der Waals surface area contributed by atoms with E-state index in [1.165, 1.54) is 10.4 Å². The molecule has 1 aromatic carbocycles. The van der Waals surface area contributed by atoms with Gasteiger partial charge in [-0.05, 0) is 42.2 Å². The van der Waals surface area contributed by atoms with Crippen LogP contribution in [0.4, 0.5) is 0 Å². The van der Waals surface area contributed by atoms with Crippen molar-refractivity contribution in [1.29, 1.82) is 0 Å². The number of hydrogen-bond acceptors (Lipinski definition) is 3. The summed E-state index contributed by atoms with van der Waals surface area (Å²) >= 11 is 1.78. The molecule has 0 bridgehead atoms.